The molecule has 4 nitrogen and oxygen atoms in total. The van der Waals surface area contributed by atoms with E-state index < -0.39 is 10.7 Å². The van der Waals surface area contributed by atoms with Crippen molar-refractivity contribution in [2.75, 3.05) is 15.6 Å². The molecule has 1 atom stereocenters. The average molecular weight is 422 g/mol. The van der Waals surface area contributed by atoms with Crippen molar-refractivity contribution in [2.45, 2.75) is 11.4 Å². The number of anilines is 2. The van der Waals surface area contributed by atoms with Crippen LogP contribution in [-0.4, -0.2) is 17.6 Å². The number of hydrogen-bond acceptors (Lipinski definition) is 3. The quantitative estimate of drug-likeness (QED) is 0.627. The molecular formula is C23H16F2N2O2S. The lowest BCUT2D eigenvalue weighted by Gasteiger charge is -2.33. The van der Waals surface area contributed by atoms with Gasteiger partial charge in [0.25, 0.3) is 5.91 Å². The number of carbonyl (C=O) groups excluding carboxylic acids is 2. The number of nitrogens with zero attached hydrogens (tertiary/aromatic N) is 2. The first-order chi connectivity index (χ1) is 14.5. The highest BCUT2D eigenvalue weighted by Gasteiger charge is 2.60. The number of para-hydroxylation sites is 1. The van der Waals surface area contributed by atoms with Gasteiger partial charge in [0.05, 0.1) is 18.0 Å². The van der Waals surface area contributed by atoms with Crippen LogP contribution in [0.3, 0.4) is 0 Å². The molecule has 0 N–H and O–H groups in total. The molecule has 2 heterocycles. The zero-order chi connectivity index (χ0) is 20.9. The lowest BCUT2D eigenvalue weighted by atomic mass is 10.0. The van der Waals surface area contributed by atoms with Crippen LogP contribution in [0.2, 0.25) is 0 Å². The molecular weight excluding hydrogens is 406 g/mol. The highest BCUT2D eigenvalue weighted by molar-refractivity contribution is 8.02. The molecule has 150 valence electrons. The zero-order valence-electron chi connectivity index (χ0n) is 15.7. The maximum Gasteiger partial charge on any atom is 0.269 e. The summed E-state index contributed by atoms with van der Waals surface area (Å²) < 4.78 is 27.3. The van der Waals surface area contributed by atoms with Gasteiger partial charge in [-0.2, -0.15) is 0 Å². The van der Waals surface area contributed by atoms with Crippen LogP contribution < -0.4 is 9.80 Å². The van der Waals surface area contributed by atoms with Crippen molar-refractivity contribution in [1.29, 1.82) is 0 Å². The van der Waals surface area contributed by atoms with Crippen LogP contribution >= 0.6 is 11.8 Å². The van der Waals surface area contributed by atoms with Crippen molar-refractivity contribution in [2.24, 2.45) is 0 Å². The number of amides is 2. The maximum absolute atomic E-state index is 13.9. The number of hydrogen-bond donors (Lipinski definition) is 0. The zero-order valence-corrected chi connectivity index (χ0v) is 16.5. The fraction of sp³-hybridized carbons (Fsp3) is 0.130. The summed E-state index contributed by atoms with van der Waals surface area (Å²) in [6, 6.07) is 19.0. The molecule has 5 rings (SSSR count). The molecule has 2 aliphatic rings. The van der Waals surface area contributed by atoms with Crippen molar-refractivity contribution in [3.63, 3.8) is 0 Å². The lowest BCUT2D eigenvalue weighted by molar-refractivity contribution is -0.123. The summed E-state index contributed by atoms with van der Waals surface area (Å²) in [5, 5.41) is 0. The molecule has 1 fully saturated rings. The van der Waals surface area contributed by atoms with Crippen molar-refractivity contribution in [1.82, 2.24) is 0 Å². The van der Waals surface area contributed by atoms with Gasteiger partial charge in [0, 0.05) is 11.3 Å². The van der Waals surface area contributed by atoms with Gasteiger partial charge in [-0.3, -0.25) is 14.5 Å². The molecule has 7 heteroatoms. The smallest absolute Gasteiger partial charge is 0.269 e. The Morgan fingerprint density at radius 2 is 1.67 bits per heavy atom. The third kappa shape index (κ3) is 2.73. The minimum Gasteiger partial charge on any atom is -0.304 e. The van der Waals surface area contributed by atoms with E-state index in [1.54, 1.807) is 23.1 Å². The molecule has 1 spiro atoms. The van der Waals surface area contributed by atoms with Crippen molar-refractivity contribution in [3.05, 3.63) is 95.6 Å². The number of benzene rings is 3. The SMILES string of the molecule is O=C1CS[C@@]2(C(=O)N(Cc3ccc(F)cc3)c3ccccc32)N1c1cccc(F)c1. The number of fused-ring (bicyclic) bond motifs is 2. The van der Waals surface area contributed by atoms with E-state index >= 15 is 0 Å². The van der Waals surface area contributed by atoms with Crippen LogP contribution in [0.25, 0.3) is 0 Å². The Morgan fingerprint density at radius 3 is 2.43 bits per heavy atom. The van der Waals surface area contributed by atoms with Gasteiger partial charge in [-0.05, 0) is 42.0 Å². The molecule has 0 bridgehead atoms. The summed E-state index contributed by atoms with van der Waals surface area (Å²) in [6.07, 6.45) is 0. The van der Waals surface area contributed by atoms with Crippen molar-refractivity contribution < 1.29 is 18.4 Å². The Hall–Kier alpha value is -3.19. The summed E-state index contributed by atoms with van der Waals surface area (Å²) in [5.41, 5.74) is 2.49. The predicted octanol–water partition coefficient (Wildman–Crippen LogP) is 4.44. The summed E-state index contributed by atoms with van der Waals surface area (Å²) in [7, 11) is 0. The second kappa shape index (κ2) is 6.95. The minimum atomic E-state index is -1.29. The van der Waals surface area contributed by atoms with Gasteiger partial charge in [0.1, 0.15) is 11.6 Å². The molecule has 0 aliphatic carbocycles. The molecule has 3 aromatic carbocycles. The Labute approximate surface area is 176 Å². The fourth-order valence-corrected chi connectivity index (χ4v) is 5.46. The number of rotatable bonds is 3. The van der Waals surface area contributed by atoms with Crippen LogP contribution in [0.15, 0.2) is 72.8 Å². The van der Waals surface area contributed by atoms with E-state index in [0.29, 0.717) is 16.9 Å². The third-order valence-corrected chi connectivity index (χ3v) is 6.77. The number of carbonyl (C=O) groups is 2. The van der Waals surface area contributed by atoms with Gasteiger partial charge in [0.15, 0.2) is 0 Å². The standard InChI is InChI=1S/C23H16F2N2O2S/c24-16-10-8-15(9-11-16)13-26-20-7-2-1-6-19(20)23(22(26)29)27(21(28)14-30-23)18-5-3-4-17(25)12-18/h1-12H,13-14H2/t23-/m0/s1. The molecule has 3 aromatic rings. The van der Waals surface area contributed by atoms with E-state index in [-0.39, 0.29) is 29.9 Å². The molecule has 30 heavy (non-hydrogen) atoms. The molecule has 0 radical (unpaired) electrons. The van der Waals surface area contributed by atoms with E-state index in [4.69, 9.17) is 0 Å². The van der Waals surface area contributed by atoms with Gasteiger partial charge in [-0.25, -0.2) is 8.78 Å². The fourth-order valence-electron chi connectivity index (χ4n) is 4.10. The largest absolute Gasteiger partial charge is 0.304 e. The normalized spacial score (nSPS) is 20.3. The van der Waals surface area contributed by atoms with Gasteiger partial charge < -0.3 is 4.90 Å². The topological polar surface area (TPSA) is 40.6 Å². The van der Waals surface area contributed by atoms with Crippen molar-refractivity contribution in [3.8, 4) is 0 Å². The van der Waals surface area contributed by atoms with Crippen LogP contribution in [0, 0.1) is 11.6 Å². The summed E-state index contributed by atoms with van der Waals surface area (Å²) in [5.74, 6) is -1.24. The van der Waals surface area contributed by atoms with E-state index in [2.05, 4.69) is 0 Å². The van der Waals surface area contributed by atoms with Crippen LogP contribution in [0.1, 0.15) is 11.1 Å². The molecule has 2 aliphatic heterocycles. The maximum atomic E-state index is 13.9. The first kappa shape index (κ1) is 18.8. The molecule has 2 amide bonds. The van der Waals surface area contributed by atoms with E-state index in [1.807, 2.05) is 24.3 Å². The van der Waals surface area contributed by atoms with Crippen LogP contribution in [-0.2, 0) is 21.0 Å². The summed E-state index contributed by atoms with van der Waals surface area (Å²) >= 11 is 1.24. The second-order valence-corrected chi connectivity index (χ2v) is 8.34. The van der Waals surface area contributed by atoms with E-state index in [1.165, 1.54) is 47.0 Å². The Morgan fingerprint density at radius 1 is 0.900 bits per heavy atom. The van der Waals surface area contributed by atoms with Crippen LogP contribution in [0.5, 0.6) is 0 Å². The van der Waals surface area contributed by atoms with Gasteiger partial charge in [-0.15, -0.1) is 11.8 Å². The highest BCUT2D eigenvalue weighted by atomic mass is 32.2. The van der Waals surface area contributed by atoms with Crippen molar-refractivity contribution >= 4 is 35.0 Å². The number of halogens is 2. The monoisotopic (exact) mass is 422 g/mol. The van der Waals surface area contributed by atoms with E-state index in [9.17, 15) is 18.4 Å². The minimum absolute atomic E-state index is 0.112. The first-order valence-electron chi connectivity index (χ1n) is 9.39. The molecule has 1 saturated heterocycles. The molecule has 0 aromatic heterocycles. The lowest BCUT2D eigenvalue weighted by Crippen LogP contribution is -2.49. The average Bonchev–Trinajstić information content (AvgIpc) is 3.21. The van der Waals surface area contributed by atoms with Crippen LogP contribution in [0.4, 0.5) is 20.2 Å². The predicted molar refractivity (Wildman–Crippen MR) is 112 cm³/mol. The van der Waals surface area contributed by atoms with Gasteiger partial charge >= 0.3 is 0 Å². The molecule has 0 unspecified atom stereocenters. The Bertz CT molecular complexity index is 1170. The third-order valence-electron chi connectivity index (χ3n) is 5.38. The first-order valence-corrected chi connectivity index (χ1v) is 10.4. The highest BCUT2D eigenvalue weighted by Crippen LogP contribution is 2.55. The second-order valence-electron chi connectivity index (χ2n) is 7.18. The van der Waals surface area contributed by atoms with Gasteiger partial charge in [-0.1, -0.05) is 36.4 Å². The van der Waals surface area contributed by atoms with Gasteiger partial charge in [0.2, 0.25) is 10.8 Å². The summed E-state index contributed by atoms with van der Waals surface area (Å²) in [4.78, 5) is 28.4. The molecule has 0 saturated carbocycles. The summed E-state index contributed by atoms with van der Waals surface area (Å²) in [6.45, 7) is 0.240. The Kier molecular flexibility index (Phi) is 4.36. The Balaban J connectivity index is 1.64. The number of thioether (sulfide) groups is 1. The van der Waals surface area contributed by atoms with E-state index in [0.717, 1.165) is 5.56 Å².